The minimum absolute atomic E-state index is 0.200. The van der Waals surface area contributed by atoms with Gasteiger partial charge in [-0.3, -0.25) is 0 Å². The van der Waals surface area contributed by atoms with Crippen molar-refractivity contribution in [3.8, 4) is 11.3 Å². The largest absolute Gasteiger partial charge is 0.390 e. The molecule has 0 aliphatic heterocycles. The topological polar surface area (TPSA) is 98.5 Å². The second-order valence-electron chi connectivity index (χ2n) is 7.10. The van der Waals surface area contributed by atoms with E-state index in [-0.39, 0.29) is 12.0 Å². The molecule has 1 saturated carbocycles. The molecule has 7 heteroatoms. The SMILES string of the molecule is [CH2][C@@H]1C[C@@H](Nc2ccnc3cc(-c4cccc5[nH]ccc45)nn23)[C@H](O)[C@@H]1O. The molecule has 27 heavy (non-hydrogen) atoms. The van der Waals surface area contributed by atoms with Crippen LogP contribution in [0.5, 0.6) is 0 Å². The van der Waals surface area contributed by atoms with E-state index in [4.69, 9.17) is 5.10 Å². The van der Waals surface area contributed by atoms with Crippen LogP contribution in [0.2, 0.25) is 0 Å². The van der Waals surface area contributed by atoms with Crippen molar-refractivity contribution >= 4 is 22.4 Å². The molecule has 0 saturated heterocycles. The minimum atomic E-state index is -0.862. The molecule has 7 nitrogen and oxygen atoms in total. The van der Waals surface area contributed by atoms with Gasteiger partial charge in [-0.1, -0.05) is 12.1 Å². The van der Waals surface area contributed by atoms with Crippen molar-refractivity contribution < 1.29 is 10.2 Å². The van der Waals surface area contributed by atoms with Gasteiger partial charge in [0.15, 0.2) is 5.65 Å². The lowest BCUT2D eigenvalue weighted by Crippen LogP contribution is -2.35. The highest BCUT2D eigenvalue weighted by atomic mass is 16.3. The molecule has 0 amide bonds. The molecule has 5 rings (SSSR count). The Balaban J connectivity index is 1.55. The van der Waals surface area contributed by atoms with Gasteiger partial charge in [0.05, 0.1) is 17.8 Å². The second-order valence-corrected chi connectivity index (χ2v) is 7.10. The van der Waals surface area contributed by atoms with Crippen LogP contribution in [0.1, 0.15) is 6.42 Å². The summed E-state index contributed by atoms with van der Waals surface area (Å²) in [6.07, 6.45) is 2.53. The Bertz CT molecular complexity index is 1120. The standard InChI is InChI=1S/C20H20N5O2/c1-11-9-16(20(27)19(11)26)23-17-6-8-22-18-10-15(24-25(17)18)12-3-2-4-14-13(12)5-7-21-14/h2-8,10-11,16,19-21,23,26-27H,1,9H2/t11-,16-,19-,20+/m1/s1. The molecule has 1 aromatic carbocycles. The van der Waals surface area contributed by atoms with Crippen LogP contribution in [0.4, 0.5) is 5.82 Å². The number of fused-ring (bicyclic) bond motifs is 2. The van der Waals surface area contributed by atoms with Crippen LogP contribution in [0.15, 0.2) is 48.8 Å². The summed E-state index contributed by atoms with van der Waals surface area (Å²) in [5.74, 6) is 0.520. The summed E-state index contributed by atoms with van der Waals surface area (Å²) in [5.41, 5.74) is 3.62. The molecule has 1 radical (unpaired) electrons. The molecule has 137 valence electrons. The average Bonchev–Trinajstić information content (AvgIpc) is 3.37. The highest BCUT2D eigenvalue weighted by Crippen LogP contribution is 2.30. The number of hydrogen-bond acceptors (Lipinski definition) is 5. The summed E-state index contributed by atoms with van der Waals surface area (Å²) in [6.45, 7) is 3.90. The molecular weight excluding hydrogens is 342 g/mol. The highest BCUT2D eigenvalue weighted by molar-refractivity contribution is 5.94. The van der Waals surface area contributed by atoms with Gasteiger partial charge >= 0.3 is 0 Å². The zero-order valence-electron chi connectivity index (χ0n) is 14.6. The summed E-state index contributed by atoms with van der Waals surface area (Å²) in [5, 5.41) is 29.3. The number of rotatable bonds is 3. The van der Waals surface area contributed by atoms with E-state index in [2.05, 4.69) is 22.2 Å². The van der Waals surface area contributed by atoms with Gasteiger partial charge in [0, 0.05) is 34.9 Å². The number of aromatic amines is 1. The van der Waals surface area contributed by atoms with Crippen LogP contribution < -0.4 is 5.32 Å². The van der Waals surface area contributed by atoms with E-state index in [1.807, 2.05) is 42.6 Å². The van der Waals surface area contributed by atoms with E-state index in [1.54, 1.807) is 10.7 Å². The van der Waals surface area contributed by atoms with Crippen LogP contribution in [0.3, 0.4) is 0 Å². The molecule has 3 aromatic heterocycles. The fraction of sp³-hybridized carbons (Fsp3) is 0.250. The fourth-order valence-corrected chi connectivity index (χ4v) is 3.90. The van der Waals surface area contributed by atoms with Crippen LogP contribution in [-0.2, 0) is 0 Å². The summed E-state index contributed by atoms with van der Waals surface area (Å²) in [4.78, 5) is 7.62. The van der Waals surface area contributed by atoms with Gasteiger partial charge in [0.25, 0.3) is 0 Å². The number of nitrogens with one attached hydrogen (secondary N) is 2. The zero-order chi connectivity index (χ0) is 18.5. The Kier molecular flexibility index (Phi) is 3.66. The molecule has 4 N–H and O–H groups in total. The Morgan fingerprint density at radius 2 is 2.07 bits per heavy atom. The maximum atomic E-state index is 10.2. The first kappa shape index (κ1) is 16.3. The Hall–Kier alpha value is -2.90. The Morgan fingerprint density at radius 3 is 2.89 bits per heavy atom. The highest BCUT2D eigenvalue weighted by Gasteiger charge is 2.39. The number of anilines is 1. The lowest BCUT2D eigenvalue weighted by Gasteiger charge is -2.19. The number of aliphatic hydroxyl groups is 2. The van der Waals surface area contributed by atoms with Gasteiger partial charge in [-0.25, -0.2) is 4.98 Å². The Labute approximate surface area is 155 Å². The average molecular weight is 362 g/mol. The summed E-state index contributed by atoms with van der Waals surface area (Å²) in [6, 6.07) is 11.6. The van der Waals surface area contributed by atoms with Crippen molar-refractivity contribution in [2.45, 2.75) is 24.7 Å². The molecule has 4 aromatic rings. The molecule has 4 atom stereocenters. The van der Waals surface area contributed by atoms with Crippen molar-refractivity contribution in [1.29, 1.82) is 0 Å². The number of H-pyrrole nitrogens is 1. The van der Waals surface area contributed by atoms with E-state index in [0.29, 0.717) is 12.1 Å². The molecular formula is C20H20N5O2. The monoisotopic (exact) mass is 362 g/mol. The van der Waals surface area contributed by atoms with E-state index >= 15 is 0 Å². The van der Waals surface area contributed by atoms with Crippen LogP contribution in [0, 0.1) is 12.8 Å². The maximum Gasteiger partial charge on any atom is 0.157 e. The summed E-state index contributed by atoms with van der Waals surface area (Å²) < 4.78 is 1.73. The third-order valence-corrected chi connectivity index (χ3v) is 5.36. The third-order valence-electron chi connectivity index (χ3n) is 5.36. The third kappa shape index (κ3) is 2.58. The van der Waals surface area contributed by atoms with E-state index < -0.39 is 12.2 Å². The summed E-state index contributed by atoms with van der Waals surface area (Å²) in [7, 11) is 0. The molecule has 0 unspecified atom stereocenters. The van der Waals surface area contributed by atoms with Gasteiger partial charge in [-0.2, -0.15) is 9.61 Å². The van der Waals surface area contributed by atoms with Gasteiger partial charge in [0.2, 0.25) is 0 Å². The van der Waals surface area contributed by atoms with Gasteiger partial charge in [-0.15, -0.1) is 0 Å². The van der Waals surface area contributed by atoms with Gasteiger partial charge in [0.1, 0.15) is 11.9 Å². The fourth-order valence-electron chi connectivity index (χ4n) is 3.90. The minimum Gasteiger partial charge on any atom is -0.390 e. The van der Waals surface area contributed by atoms with E-state index in [9.17, 15) is 10.2 Å². The van der Waals surface area contributed by atoms with Crippen LogP contribution in [0.25, 0.3) is 27.8 Å². The number of aliphatic hydroxyl groups excluding tert-OH is 2. The number of benzene rings is 1. The predicted molar refractivity (Wildman–Crippen MR) is 103 cm³/mol. The summed E-state index contributed by atoms with van der Waals surface area (Å²) >= 11 is 0. The molecule has 1 aliphatic carbocycles. The molecule has 3 heterocycles. The lowest BCUT2D eigenvalue weighted by atomic mass is 10.1. The van der Waals surface area contributed by atoms with Crippen LogP contribution in [-0.4, -0.2) is 48.0 Å². The normalized spacial score (nSPS) is 25.4. The van der Waals surface area contributed by atoms with Crippen molar-refractivity contribution in [2.24, 2.45) is 5.92 Å². The maximum absolute atomic E-state index is 10.2. The zero-order valence-corrected chi connectivity index (χ0v) is 14.6. The molecule has 0 bridgehead atoms. The van der Waals surface area contributed by atoms with Crippen molar-refractivity contribution in [2.75, 3.05) is 5.32 Å². The van der Waals surface area contributed by atoms with E-state index in [1.165, 1.54) is 0 Å². The Morgan fingerprint density at radius 1 is 1.19 bits per heavy atom. The van der Waals surface area contributed by atoms with Crippen molar-refractivity contribution in [1.82, 2.24) is 19.6 Å². The van der Waals surface area contributed by atoms with E-state index in [0.717, 1.165) is 28.0 Å². The van der Waals surface area contributed by atoms with Gasteiger partial charge < -0.3 is 20.5 Å². The first-order valence-corrected chi connectivity index (χ1v) is 8.99. The van der Waals surface area contributed by atoms with Crippen LogP contribution >= 0.6 is 0 Å². The smallest absolute Gasteiger partial charge is 0.157 e. The molecule has 0 spiro atoms. The quantitative estimate of drug-likeness (QED) is 0.448. The first-order valence-electron chi connectivity index (χ1n) is 8.99. The van der Waals surface area contributed by atoms with Crippen molar-refractivity contribution in [3.63, 3.8) is 0 Å². The second kappa shape index (κ2) is 6.07. The molecule has 1 fully saturated rings. The number of hydrogen-bond donors (Lipinski definition) is 4. The van der Waals surface area contributed by atoms with Gasteiger partial charge in [-0.05, 0) is 37.5 Å². The first-order chi connectivity index (χ1) is 13.1. The molecule has 1 aliphatic rings. The predicted octanol–water partition coefficient (Wildman–Crippen LogP) is 2.23. The number of aromatic nitrogens is 4. The lowest BCUT2D eigenvalue weighted by molar-refractivity contribution is 0.0256. The van der Waals surface area contributed by atoms with Crippen molar-refractivity contribution in [3.05, 3.63) is 55.7 Å². The number of nitrogens with zero attached hydrogens (tertiary/aromatic N) is 3.